The average molecular weight is 334 g/mol. The van der Waals surface area contributed by atoms with Gasteiger partial charge in [0, 0.05) is 11.1 Å². The van der Waals surface area contributed by atoms with Gasteiger partial charge in [0.25, 0.3) is 0 Å². The first kappa shape index (κ1) is 22.7. The van der Waals surface area contributed by atoms with Gasteiger partial charge in [0.15, 0.2) is 0 Å². The molecule has 0 spiro atoms. The Balaban J connectivity index is 0.000000470. The first-order valence-corrected chi connectivity index (χ1v) is 9.59. The first-order chi connectivity index (χ1) is 11.2. The predicted octanol–water partition coefficient (Wildman–Crippen LogP) is 6.92. The van der Waals surface area contributed by atoms with Gasteiger partial charge in [0.05, 0.1) is 0 Å². The van der Waals surface area contributed by atoms with Crippen LogP contribution in [0, 0.1) is 17.3 Å². The Morgan fingerprint density at radius 2 is 1.62 bits per heavy atom. The summed E-state index contributed by atoms with van der Waals surface area (Å²) < 4.78 is 0. The van der Waals surface area contributed by atoms with Crippen LogP contribution in [0.1, 0.15) is 80.6 Å². The van der Waals surface area contributed by atoms with E-state index in [9.17, 15) is 4.79 Å². The Kier molecular flexibility index (Phi) is 11.4. The van der Waals surface area contributed by atoms with Crippen LogP contribution in [-0.4, -0.2) is 5.91 Å². The number of carbonyl (C=O) groups is 1. The third-order valence-corrected chi connectivity index (χ3v) is 4.71. The zero-order valence-corrected chi connectivity index (χ0v) is 17.0. The molecule has 0 radical (unpaired) electrons. The third kappa shape index (κ3) is 10.5. The van der Waals surface area contributed by atoms with Crippen LogP contribution in [0.3, 0.4) is 0 Å². The van der Waals surface area contributed by atoms with Crippen LogP contribution in [0.15, 0.2) is 30.3 Å². The minimum absolute atomic E-state index is 0.0752. The molecule has 1 unspecified atom stereocenters. The van der Waals surface area contributed by atoms with Crippen LogP contribution in [0.2, 0.25) is 0 Å². The molecule has 0 bridgehead atoms. The average Bonchev–Trinajstić information content (AvgIpc) is 2.55. The van der Waals surface area contributed by atoms with Crippen molar-refractivity contribution in [2.75, 3.05) is 5.32 Å². The second kappa shape index (κ2) is 12.1. The highest BCUT2D eigenvalue weighted by molar-refractivity contribution is 5.94. The molecular formula is C22H39NO. The van der Waals surface area contributed by atoms with E-state index >= 15 is 0 Å². The lowest BCUT2D eigenvalue weighted by molar-refractivity contribution is -0.124. The number of para-hydroxylation sites is 1. The normalized spacial score (nSPS) is 12.3. The number of benzene rings is 1. The molecule has 0 heterocycles. The molecule has 0 aliphatic rings. The Bertz CT molecular complexity index is 437. The van der Waals surface area contributed by atoms with Crippen molar-refractivity contribution in [3.63, 3.8) is 0 Å². The second-order valence-corrected chi connectivity index (χ2v) is 7.90. The summed E-state index contributed by atoms with van der Waals surface area (Å²) in [5.41, 5.74) is 0.564. The Morgan fingerprint density at radius 1 is 1.04 bits per heavy atom. The summed E-state index contributed by atoms with van der Waals surface area (Å²) in [4.78, 5) is 11.8. The molecular weight excluding hydrogens is 294 g/mol. The highest BCUT2D eigenvalue weighted by Gasteiger charge is 2.24. The Morgan fingerprint density at radius 3 is 2.08 bits per heavy atom. The SMILES string of the molecule is CCC(C)(C)C(=O)Nc1ccccc1.CCC(C)CCCC(C)C. The zero-order valence-electron chi connectivity index (χ0n) is 17.0. The van der Waals surface area contributed by atoms with Gasteiger partial charge in [-0.1, -0.05) is 92.3 Å². The molecule has 138 valence electrons. The molecule has 1 aromatic rings. The maximum absolute atomic E-state index is 11.8. The summed E-state index contributed by atoms with van der Waals surface area (Å²) in [7, 11) is 0. The van der Waals surface area contributed by atoms with Gasteiger partial charge in [-0.05, 0) is 30.4 Å². The number of nitrogens with one attached hydrogen (secondary N) is 1. The highest BCUT2D eigenvalue weighted by Crippen LogP contribution is 2.22. The quantitative estimate of drug-likeness (QED) is 0.549. The van der Waals surface area contributed by atoms with E-state index in [0.29, 0.717) is 0 Å². The van der Waals surface area contributed by atoms with Gasteiger partial charge in [0.2, 0.25) is 5.91 Å². The largest absolute Gasteiger partial charge is 0.326 e. The maximum Gasteiger partial charge on any atom is 0.230 e. The standard InChI is InChI=1S/C12H17NO.C10H22/c1-4-12(2,3)11(14)13-10-8-6-5-7-9-10;1-5-10(4)8-6-7-9(2)3/h5-9H,4H2,1-3H3,(H,13,14);9-10H,5-8H2,1-4H3. The summed E-state index contributed by atoms with van der Waals surface area (Å²) >= 11 is 0. The molecule has 1 rings (SSSR count). The predicted molar refractivity (Wildman–Crippen MR) is 107 cm³/mol. The molecule has 0 saturated carbocycles. The van der Waals surface area contributed by atoms with Gasteiger partial charge in [-0.25, -0.2) is 0 Å². The van der Waals surface area contributed by atoms with Crippen LogP contribution >= 0.6 is 0 Å². The van der Waals surface area contributed by atoms with Gasteiger partial charge >= 0.3 is 0 Å². The van der Waals surface area contributed by atoms with E-state index in [1.165, 1.54) is 25.7 Å². The summed E-state index contributed by atoms with van der Waals surface area (Å²) in [5, 5.41) is 2.89. The first-order valence-electron chi connectivity index (χ1n) is 9.59. The van der Waals surface area contributed by atoms with Crippen LogP contribution in [0.5, 0.6) is 0 Å². The van der Waals surface area contributed by atoms with Crippen molar-refractivity contribution in [2.24, 2.45) is 17.3 Å². The fourth-order valence-corrected chi connectivity index (χ4v) is 2.06. The molecule has 1 amide bonds. The number of anilines is 1. The molecule has 1 atom stereocenters. The minimum Gasteiger partial charge on any atom is -0.326 e. The maximum atomic E-state index is 11.8. The van der Waals surface area contributed by atoms with Gasteiger partial charge in [-0.3, -0.25) is 4.79 Å². The van der Waals surface area contributed by atoms with Gasteiger partial charge < -0.3 is 5.32 Å². The molecule has 0 aromatic heterocycles. The number of amides is 1. The van der Waals surface area contributed by atoms with Crippen molar-refractivity contribution in [2.45, 2.75) is 80.6 Å². The molecule has 2 nitrogen and oxygen atoms in total. The van der Waals surface area contributed by atoms with Gasteiger partial charge in [-0.2, -0.15) is 0 Å². The van der Waals surface area contributed by atoms with Crippen molar-refractivity contribution >= 4 is 11.6 Å². The number of hydrogen-bond donors (Lipinski definition) is 1. The van der Waals surface area contributed by atoms with E-state index in [-0.39, 0.29) is 11.3 Å². The molecule has 24 heavy (non-hydrogen) atoms. The van der Waals surface area contributed by atoms with E-state index in [1.54, 1.807) is 0 Å². The summed E-state index contributed by atoms with van der Waals surface area (Å²) in [6, 6.07) is 9.54. The topological polar surface area (TPSA) is 29.1 Å². The smallest absolute Gasteiger partial charge is 0.230 e. The molecule has 0 aliphatic carbocycles. The highest BCUT2D eigenvalue weighted by atomic mass is 16.2. The van der Waals surface area contributed by atoms with Crippen LogP contribution in [0.25, 0.3) is 0 Å². The van der Waals surface area contributed by atoms with E-state index in [1.807, 2.05) is 51.1 Å². The lowest BCUT2D eigenvalue weighted by Gasteiger charge is -2.21. The zero-order chi connectivity index (χ0) is 18.6. The van der Waals surface area contributed by atoms with Crippen molar-refractivity contribution in [1.82, 2.24) is 0 Å². The van der Waals surface area contributed by atoms with Crippen LogP contribution in [-0.2, 0) is 4.79 Å². The summed E-state index contributed by atoms with van der Waals surface area (Å²) in [6.07, 6.45) is 6.44. The molecule has 0 fully saturated rings. The number of carbonyl (C=O) groups excluding carboxylic acids is 1. The summed E-state index contributed by atoms with van der Waals surface area (Å²) in [6.45, 7) is 15.1. The van der Waals surface area contributed by atoms with Crippen molar-refractivity contribution < 1.29 is 4.79 Å². The minimum atomic E-state index is -0.296. The third-order valence-electron chi connectivity index (χ3n) is 4.71. The van der Waals surface area contributed by atoms with E-state index in [0.717, 1.165) is 23.9 Å². The molecule has 2 heteroatoms. The molecule has 0 saturated heterocycles. The van der Waals surface area contributed by atoms with E-state index in [2.05, 4.69) is 33.0 Å². The lowest BCUT2D eigenvalue weighted by Crippen LogP contribution is -2.29. The second-order valence-electron chi connectivity index (χ2n) is 7.90. The van der Waals surface area contributed by atoms with Crippen molar-refractivity contribution in [3.8, 4) is 0 Å². The van der Waals surface area contributed by atoms with Crippen molar-refractivity contribution in [1.29, 1.82) is 0 Å². The Labute approximate surface area is 150 Å². The van der Waals surface area contributed by atoms with E-state index < -0.39 is 0 Å². The monoisotopic (exact) mass is 333 g/mol. The van der Waals surface area contributed by atoms with Gasteiger partial charge in [0.1, 0.15) is 0 Å². The van der Waals surface area contributed by atoms with E-state index in [4.69, 9.17) is 0 Å². The fourth-order valence-electron chi connectivity index (χ4n) is 2.06. The summed E-state index contributed by atoms with van der Waals surface area (Å²) in [5.74, 6) is 1.91. The molecule has 1 aromatic carbocycles. The number of rotatable bonds is 8. The van der Waals surface area contributed by atoms with Crippen molar-refractivity contribution in [3.05, 3.63) is 30.3 Å². The molecule has 1 N–H and O–H groups in total. The molecule has 0 aliphatic heterocycles. The van der Waals surface area contributed by atoms with Crippen LogP contribution < -0.4 is 5.32 Å². The van der Waals surface area contributed by atoms with Gasteiger partial charge in [-0.15, -0.1) is 0 Å². The lowest BCUT2D eigenvalue weighted by atomic mass is 9.89. The van der Waals surface area contributed by atoms with Crippen LogP contribution in [0.4, 0.5) is 5.69 Å². The fraction of sp³-hybridized carbons (Fsp3) is 0.682. The Hall–Kier alpha value is -1.31. The number of hydrogen-bond acceptors (Lipinski definition) is 1.